The summed E-state index contributed by atoms with van der Waals surface area (Å²) >= 11 is 5.80. The van der Waals surface area contributed by atoms with Crippen LogP contribution in [0.15, 0.2) is 42.5 Å². The van der Waals surface area contributed by atoms with E-state index in [-0.39, 0.29) is 5.02 Å². The molecule has 0 saturated carbocycles. The highest BCUT2D eigenvalue weighted by Gasteiger charge is 2.15. The van der Waals surface area contributed by atoms with E-state index in [0.29, 0.717) is 5.56 Å². The summed E-state index contributed by atoms with van der Waals surface area (Å²) in [5, 5.41) is 0.109. The lowest BCUT2D eigenvalue weighted by Crippen LogP contribution is -2.13. The van der Waals surface area contributed by atoms with E-state index in [1.165, 1.54) is 24.5 Å². The second-order valence-corrected chi connectivity index (χ2v) is 5.37. The molecule has 1 atom stereocenters. The summed E-state index contributed by atoms with van der Waals surface area (Å²) in [6.07, 6.45) is 3.42. The fraction of sp³-hybridized carbons (Fsp3) is 0.294. The Morgan fingerprint density at radius 1 is 1.15 bits per heavy atom. The number of hydrogen-bond donors (Lipinski definition) is 1. The van der Waals surface area contributed by atoms with Crippen molar-refractivity contribution in [2.45, 2.75) is 32.2 Å². The number of unbranched alkanes of at least 4 members (excludes halogenated alkanes) is 1. The minimum absolute atomic E-state index is 0.109. The van der Waals surface area contributed by atoms with Gasteiger partial charge >= 0.3 is 0 Å². The van der Waals surface area contributed by atoms with E-state index in [9.17, 15) is 4.39 Å². The van der Waals surface area contributed by atoms with Crippen LogP contribution in [-0.4, -0.2) is 0 Å². The van der Waals surface area contributed by atoms with Crippen LogP contribution in [0.25, 0.3) is 0 Å². The van der Waals surface area contributed by atoms with E-state index in [1.807, 2.05) is 12.1 Å². The first-order chi connectivity index (χ1) is 9.63. The topological polar surface area (TPSA) is 26.0 Å². The van der Waals surface area contributed by atoms with Crippen molar-refractivity contribution in [3.05, 3.63) is 70.0 Å². The Labute approximate surface area is 124 Å². The Kier molecular flexibility index (Phi) is 5.16. The minimum atomic E-state index is -0.492. The lowest BCUT2D eigenvalue weighted by atomic mass is 9.97. The van der Waals surface area contributed by atoms with Crippen molar-refractivity contribution in [2.24, 2.45) is 5.73 Å². The van der Waals surface area contributed by atoms with E-state index in [2.05, 4.69) is 19.1 Å². The summed E-state index contributed by atoms with van der Waals surface area (Å²) in [4.78, 5) is 0. The molecule has 0 saturated heterocycles. The quantitative estimate of drug-likeness (QED) is 0.835. The zero-order valence-corrected chi connectivity index (χ0v) is 12.3. The SMILES string of the molecule is CCCCc1ccc(C(N)c2cccc(Cl)c2F)cc1. The van der Waals surface area contributed by atoms with Crippen molar-refractivity contribution in [3.8, 4) is 0 Å². The molecule has 0 fully saturated rings. The molecule has 0 bridgehead atoms. The molecule has 3 heteroatoms. The average Bonchev–Trinajstić information content (AvgIpc) is 2.48. The second kappa shape index (κ2) is 6.87. The third-order valence-corrected chi connectivity index (χ3v) is 3.77. The Hall–Kier alpha value is -1.38. The van der Waals surface area contributed by atoms with Gasteiger partial charge in [-0.1, -0.05) is 61.3 Å². The zero-order chi connectivity index (χ0) is 14.5. The summed E-state index contributed by atoms with van der Waals surface area (Å²) in [5.74, 6) is -0.434. The number of aryl methyl sites for hydroxylation is 1. The first kappa shape index (κ1) is 15.0. The Bertz CT molecular complexity index is 566. The highest BCUT2D eigenvalue weighted by Crippen LogP contribution is 2.26. The van der Waals surface area contributed by atoms with Crippen molar-refractivity contribution in [3.63, 3.8) is 0 Å². The molecular formula is C17H19ClFN. The van der Waals surface area contributed by atoms with Crippen molar-refractivity contribution in [1.29, 1.82) is 0 Å². The molecule has 0 aliphatic heterocycles. The molecule has 1 unspecified atom stereocenters. The van der Waals surface area contributed by atoms with Gasteiger partial charge in [0.05, 0.1) is 11.1 Å². The molecule has 0 aliphatic carbocycles. The fourth-order valence-corrected chi connectivity index (χ4v) is 2.39. The first-order valence-electron chi connectivity index (χ1n) is 6.91. The molecule has 20 heavy (non-hydrogen) atoms. The van der Waals surface area contributed by atoms with Crippen molar-refractivity contribution in [1.82, 2.24) is 0 Å². The van der Waals surface area contributed by atoms with Gasteiger partial charge in [-0.15, -0.1) is 0 Å². The summed E-state index contributed by atoms with van der Waals surface area (Å²) in [6.45, 7) is 2.17. The third-order valence-electron chi connectivity index (χ3n) is 3.47. The lowest BCUT2D eigenvalue weighted by molar-refractivity contribution is 0.600. The van der Waals surface area contributed by atoms with Crippen LogP contribution in [0.4, 0.5) is 4.39 Å². The van der Waals surface area contributed by atoms with Crippen LogP contribution >= 0.6 is 11.6 Å². The summed E-state index contributed by atoms with van der Waals surface area (Å²) in [6, 6.07) is 12.5. The molecule has 2 aromatic carbocycles. The predicted octanol–water partition coefficient (Wildman–Crippen LogP) is 4.87. The van der Waals surface area contributed by atoms with Crippen LogP contribution in [0, 0.1) is 5.82 Å². The van der Waals surface area contributed by atoms with Crippen LogP contribution in [0.5, 0.6) is 0 Å². The summed E-state index contributed by atoms with van der Waals surface area (Å²) in [5.41, 5.74) is 8.75. The molecule has 0 amide bonds. The normalized spacial score (nSPS) is 12.4. The van der Waals surface area contributed by atoms with Crippen molar-refractivity contribution in [2.75, 3.05) is 0 Å². The Morgan fingerprint density at radius 2 is 1.85 bits per heavy atom. The maximum Gasteiger partial charge on any atom is 0.146 e. The van der Waals surface area contributed by atoms with Gasteiger partial charge < -0.3 is 5.73 Å². The first-order valence-corrected chi connectivity index (χ1v) is 7.29. The smallest absolute Gasteiger partial charge is 0.146 e. The lowest BCUT2D eigenvalue weighted by Gasteiger charge is -2.14. The van der Waals surface area contributed by atoms with Gasteiger partial charge in [0.2, 0.25) is 0 Å². The van der Waals surface area contributed by atoms with E-state index >= 15 is 0 Å². The minimum Gasteiger partial charge on any atom is -0.320 e. The third kappa shape index (κ3) is 3.38. The van der Waals surface area contributed by atoms with Gasteiger partial charge in [-0.3, -0.25) is 0 Å². The molecule has 0 spiro atoms. The van der Waals surface area contributed by atoms with Crippen molar-refractivity contribution >= 4 is 11.6 Å². The molecular weight excluding hydrogens is 273 g/mol. The molecule has 0 heterocycles. The second-order valence-electron chi connectivity index (χ2n) is 4.97. The van der Waals surface area contributed by atoms with E-state index in [4.69, 9.17) is 17.3 Å². The van der Waals surface area contributed by atoms with Crippen LogP contribution in [-0.2, 0) is 6.42 Å². The number of nitrogens with two attached hydrogens (primary N) is 1. The Balaban J connectivity index is 2.20. The van der Waals surface area contributed by atoms with Crippen molar-refractivity contribution < 1.29 is 4.39 Å². The molecule has 2 rings (SSSR count). The van der Waals surface area contributed by atoms with Gasteiger partial charge in [-0.05, 0) is 30.0 Å². The van der Waals surface area contributed by atoms with Crippen LogP contribution in [0.3, 0.4) is 0 Å². The zero-order valence-electron chi connectivity index (χ0n) is 11.6. The molecule has 106 valence electrons. The van der Waals surface area contributed by atoms with Crippen LogP contribution in [0.1, 0.15) is 42.5 Å². The highest BCUT2D eigenvalue weighted by atomic mass is 35.5. The van der Waals surface area contributed by atoms with E-state index < -0.39 is 11.9 Å². The van der Waals surface area contributed by atoms with Gasteiger partial charge in [0.1, 0.15) is 5.82 Å². The van der Waals surface area contributed by atoms with Gasteiger partial charge in [-0.2, -0.15) is 0 Å². The summed E-state index contributed by atoms with van der Waals surface area (Å²) in [7, 11) is 0. The molecule has 2 aromatic rings. The average molecular weight is 292 g/mol. The highest BCUT2D eigenvalue weighted by molar-refractivity contribution is 6.30. The van der Waals surface area contributed by atoms with E-state index in [1.54, 1.807) is 12.1 Å². The van der Waals surface area contributed by atoms with Gasteiger partial charge in [0.25, 0.3) is 0 Å². The molecule has 2 N–H and O–H groups in total. The fourth-order valence-electron chi connectivity index (χ4n) is 2.21. The van der Waals surface area contributed by atoms with E-state index in [0.717, 1.165) is 12.0 Å². The Morgan fingerprint density at radius 3 is 2.50 bits per heavy atom. The van der Waals surface area contributed by atoms with Gasteiger partial charge in [-0.25, -0.2) is 4.39 Å². The predicted molar refractivity (Wildman–Crippen MR) is 82.5 cm³/mol. The monoisotopic (exact) mass is 291 g/mol. The van der Waals surface area contributed by atoms with Gasteiger partial charge in [0.15, 0.2) is 0 Å². The number of hydrogen-bond acceptors (Lipinski definition) is 1. The number of halogens is 2. The molecule has 1 nitrogen and oxygen atoms in total. The number of benzene rings is 2. The van der Waals surface area contributed by atoms with Crippen LogP contribution in [0.2, 0.25) is 5.02 Å². The molecule has 0 radical (unpaired) electrons. The maximum atomic E-state index is 14.0. The number of rotatable bonds is 5. The molecule has 0 aliphatic rings. The summed E-state index contributed by atoms with van der Waals surface area (Å²) < 4.78 is 14.0. The molecule has 0 aromatic heterocycles. The van der Waals surface area contributed by atoms with Crippen LogP contribution < -0.4 is 5.73 Å². The largest absolute Gasteiger partial charge is 0.320 e. The standard InChI is InChI=1S/C17H19ClFN/c1-2-3-5-12-8-10-13(11-9-12)17(20)14-6-4-7-15(18)16(14)19/h4,6-11,17H,2-3,5,20H2,1H3. The maximum absolute atomic E-state index is 14.0. The van der Waals surface area contributed by atoms with Gasteiger partial charge in [0, 0.05) is 5.56 Å².